The molecule has 1 heterocycles. The molecule has 26 heavy (non-hydrogen) atoms. The molecule has 3 rings (SSSR count). The largest absolute Gasteiger partial charge is 0.361 e. The molecule has 1 aromatic heterocycles. The highest BCUT2D eigenvalue weighted by atomic mass is 16.2. The predicted octanol–water partition coefficient (Wildman–Crippen LogP) is 3.35. The number of carbonyl (C=O) groups is 2. The number of hydrogen-bond acceptors (Lipinski definition) is 3. The van der Waals surface area contributed by atoms with Gasteiger partial charge in [0.1, 0.15) is 0 Å². The summed E-state index contributed by atoms with van der Waals surface area (Å²) in [6.07, 6.45) is 3.59. The fourth-order valence-corrected chi connectivity index (χ4v) is 2.60. The Labute approximate surface area is 151 Å². The van der Waals surface area contributed by atoms with Crippen LogP contribution in [-0.4, -0.2) is 23.0 Å². The first-order valence-electron chi connectivity index (χ1n) is 8.36. The Hall–Kier alpha value is -3.41. The molecule has 0 aliphatic heterocycles. The maximum Gasteiger partial charge on any atom is 0.240 e. The minimum atomic E-state index is -0.305. The van der Waals surface area contributed by atoms with Gasteiger partial charge < -0.3 is 10.3 Å². The highest BCUT2D eigenvalue weighted by Gasteiger charge is 2.07. The quantitative estimate of drug-likeness (QED) is 0.471. The Balaban J connectivity index is 1.46. The van der Waals surface area contributed by atoms with Crippen molar-refractivity contribution in [1.82, 2.24) is 10.4 Å². The monoisotopic (exact) mass is 348 g/mol. The number of nitrogens with zero attached hydrogens (tertiary/aromatic N) is 1. The number of nitrogens with one attached hydrogen (secondary N) is 3. The lowest BCUT2D eigenvalue weighted by Crippen LogP contribution is -2.20. The van der Waals surface area contributed by atoms with E-state index in [-0.39, 0.29) is 24.7 Å². The molecule has 6 heteroatoms. The fourth-order valence-electron chi connectivity index (χ4n) is 2.60. The number of anilines is 1. The van der Waals surface area contributed by atoms with E-state index in [0.29, 0.717) is 0 Å². The summed E-state index contributed by atoms with van der Waals surface area (Å²) in [5.74, 6) is -0.508. The standard InChI is InChI=1S/C20H20N4O2/c1-14-5-4-6-16(11-14)23-19(25)9-10-20(26)24-22-13-15-12-21-18-8-3-2-7-17(15)18/h2-8,11-13,21H,9-10H2,1H3,(H,23,25)(H,24,26). The predicted molar refractivity (Wildman–Crippen MR) is 103 cm³/mol. The average molecular weight is 348 g/mol. The van der Waals surface area contributed by atoms with Crippen molar-refractivity contribution in [3.8, 4) is 0 Å². The van der Waals surface area contributed by atoms with Crippen LogP contribution in [0.3, 0.4) is 0 Å². The zero-order valence-corrected chi connectivity index (χ0v) is 14.5. The molecule has 0 saturated heterocycles. The van der Waals surface area contributed by atoms with Gasteiger partial charge >= 0.3 is 0 Å². The molecule has 6 nitrogen and oxygen atoms in total. The van der Waals surface area contributed by atoms with Crippen molar-refractivity contribution in [3.63, 3.8) is 0 Å². The van der Waals surface area contributed by atoms with Crippen molar-refractivity contribution in [2.45, 2.75) is 19.8 Å². The SMILES string of the molecule is Cc1cccc(NC(=O)CCC(=O)NN=Cc2c[nH]c3ccccc23)c1. The summed E-state index contributed by atoms with van der Waals surface area (Å²) in [5, 5.41) is 7.77. The van der Waals surface area contributed by atoms with Gasteiger partial charge in [0.25, 0.3) is 0 Å². The summed E-state index contributed by atoms with van der Waals surface area (Å²) < 4.78 is 0. The molecule has 0 unspecified atom stereocenters. The number of hydrogen-bond donors (Lipinski definition) is 3. The minimum absolute atomic E-state index is 0.0723. The lowest BCUT2D eigenvalue weighted by Gasteiger charge is -2.05. The smallest absolute Gasteiger partial charge is 0.240 e. The van der Waals surface area contributed by atoms with Crippen LogP contribution in [0, 0.1) is 6.92 Å². The van der Waals surface area contributed by atoms with Gasteiger partial charge in [-0.15, -0.1) is 0 Å². The average Bonchev–Trinajstić information content (AvgIpc) is 3.03. The summed E-state index contributed by atoms with van der Waals surface area (Å²) in [6, 6.07) is 15.4. The lowest BCUT2D eigenvalue weighted by molar-refractivity contribution is -0.124. The first-order valence-corrected chi connectivity index (χ1v) is 8.36. The van der Waals surface area contributed by atoms with E-state index in [1.54, 1.807) is 6.21 Å². The van der Waals surface area contributed by atoms with Crippen molar-refractivity contribution < 1.29 is 9.59 Å². The van der Waals surface area contributed by atoms with Gasteiger partial charge in [0.05, 0.1) is 6.21 Å². The molecule has 0 aliphatic rings. The third-order valence-electron chi connectivity index (χ3n) is 3.90. The lowest BCUT2D eigenvalue weighted by atomic mass is 10.2. The normalized spacial score (nSPS) is 11.0. The number of aromatic nitrogens is 1. The Bertz CT molecular complexity index is 959. The zero-order valence-electron chi connectivity index (χ0n) is 14.5. The van der Waals surface area contributed by atoms with E-state index >= 15 is 0 Å². The van der Waals surface area contributed by atoms with Crippen LogP contribution >= 0.6 is 0 Å². The number of amides is 2. The van der Waals surface area contributed by atoms with Gasteiger partial charge in [0.2, 0.25) is 11.8 Å². The Kier molecular flexibility index (Phi) is 5.43. The Morgan fingerprint density at radius 1 is 1.08 bits per heavy atom. The molecular weight excluding hydrogens is 328 g/mol. The van der Waals surface area contributed by atoms with Gasteiger partial charge in [-0.1, -0.05) is 30.3 Å². The molecule has 2 amide bonds. The minimum Gasteiger partial charge on any atom is -0.361 e. The summed E-state index contributed by atoms with van der Waals surface area (Å²) in [5.41, 5.74) is 6.14. The first-order chi connectivity index (χ1) is 12.6. The first kappa shape index (κ1) is 17.4. The van der Waals surface area contributed by atoms with Crippen molar-refractivity contribution in [1.29, 1.82) is 0 Å². The third kappa shape index (κ3) is 4.57. The van der Waals surface area contributed by atoms with Gasteiger partial charge in [-0.3, -0.25) is 9.59 Å². The maximum atomic E-state index is 11.9. The number of carbonyl (C=O) groups excluding carboxylic acids is 2. The molecule has 0 spiro atoms. The fraction of sp³-hybridized carbons (Fsp3) is 0.150. The van der Waals surface area contributed by atoms with E-state index in [4.69, 9.17) is 0 Å². The summed E-state index contributed by atoms with van der Waals surface area (Å²) in [6.45, 7) is 1.95. The van der Waals surface area contributed by atoms with Gasteiger partial charge in [-0.25, -0.2) is 5.43 Å². The van der Waals surface area contributed by atoms with E-state index < -0.39 is 0 Å². The molecule has 0 radical (unpaired) electrons. The second kappa shape index (κ2) is 8.11. The number of benzene rings is 2. The van der Waals surface area contributed by atoms with Gasteiger partial charge in [-0.2, -0.15) is 5.10 Å². The van der Waals surface area contributed by atoms with Gasteiger partial charge in [-0.05, 0) is 30.7 Å². The summed E-state index contributed by atoms with van der Waals surface area (Å²) >= 11 is 0. The number of hydrazone groups is 1. The number of fused-ring (bicyclic) bond motifs is 1. The Morgan fingerprint density at radius 2 is 1.88 bits per heavy atom. The molecule has 0 saturated carbocycles. The second-order valence-corrected chi connectivity index (χ2v) is 6.00. The number of aromatic amines is 1. The highest BCUT2D eigenvalue weighted by Crippen LogP contribution is 2.15. The number of rotatable bonds is 6. The molecule has 0 aliphatic carbocycles. The van der Waals surface area contributed by atoms with Gasteiger partial charge in [0.15, 0.2) is 0 Å². The molecule has 2 aromatic carbocycles. The van der Waals surface area contributed by atoms with E-state index in [2.05, 4.69) is 20.8 Å². The molecule has 0 fully saturated rings. The second-order valence-electron chi connectivity index (χ2n) is 6.00. The number of aryl methyl sites for hydroxylation is 1. The van der Waals surface area contributed by atoms with Crippen LogP contribution in [0.15, 0.2) is 59.8 Å². The number of para-hydroxylation sites is 1. The Morgan fingerprint density at radius 3 is 2.73 bits per heavy atom. The molecule has 0 atom stereocenters. The molecule has 3 N–H and O–H groups in total. The molecule has 3 aromatic rings. The van der Waals surface area contributed by atoms with E-state index in [9.17, 15) is 9.59 Å². The van der Waals surface area contributed by atoms with Crippen molar-refractivity contribution in [3.05, 3.63) is 65.9 Å². The van der Waals surface area contributed by atoms with Crippen LogP contribution in [0.25, 0.3) is 10.9 Å². The summed E-state index contributed by atoms with van der Waals surface area (Å²) in [7, 11) is 0. The van der Waals surface area contributed by atoms with Crippen LogP contribution in [-0.2, 0) is 9.59 Å². The van der Waals surface area contributed by atoms with Crippen LogP contribution in [0.2, 0.25) is 0 Å². The van der Waals surface area contributed by atoms with Crippen LogP contribution in [0.4, 0.5) is 5.69 Å². The topological polar surface area (TPSA) is 86.3 Å². The van der Waals surface area contributed by atoms with Gasteiger partial charge in [0, 0.05) is 41.2 Å². The molecule has 0 bridgehead atoms. The maximum absolute atomic E-state index is 11.9. The number of H-pyrrole nitrogens is 1. The van der Waals surface area contributed by atoms with E-state index in [1.807, 2.05) is 61.7 Å². The zero-order chi connectivity index (χ0) is 18.4. The summed E-state index contributed by atoms with van der Waals surface area (Å²) in [4.78, 5) is 26.9. The highest BCUT2D eigenvalue weighted by molar-refractivity contribution is 5.99. The third-order valence-corrected chi connectivity index (χ3v) is 3.90. The van der Waals surface area contributed by atoms with E-state index in [1.165, 1.54) is 0 Å². The van der Waals surface area contributed by atoms with Crippen molar-refractivity contribution in [2.24, 2.45) is 5.10 Å². The van der Waals surface area contributed by atoms with Crippen molar-refractivity contribution in [2.75, 3.05) is 5.32 Å². The van der Waals surface area contributed by atoms with Crippen molar-refractivity contribution >= 4 is 34.6 Å². The molecule has 132 valence electrons. The van der Waals surface area contributed by atoms with E-state index in [0.717, 1.165) is 27.7 Å². The van der Waals surface area contributed by atoms with Crippen LogP contribution in [0.1, 0.15) is 24.0 Å². The molecular formula is C20H20N4O2. The van der Waals surface area contributed by atoms with Crippen LogP contribution < -0.4 is 10.7 Å². The van der Waals surface area contributed by atoms with Crippen LogP contribution in [0.5, 0.6) is 0 Å².